The second kappa shape index (κ2) is 7.07. The van der Waals surface area contributed by atoms with Gasteiger partial charge in [0, 0.05) is 12.3 Å². The van der Waals surface area contributed by atoms with E-state index in [0.717, 1.165) is 31.7 Å². The van der Waals surface area contributed by atoms with Gasteiger partial charge in [-0.3, -0.25) is 0 Å². The number of nitrogens with one attached hydrogen (secondary N) is 1. The second-order valence-electron chi connectivity index (χ2n) is 4.42. The minimum Gasteiger partial charge on any atom is -0.497 e. The van der Waals surface area contributed by atoms with E-state index >= 15 is 0 Å². The molecular formula is C15H21NO2. The minimum atomic E-state index is 0.290. The van der Waals surface area contributed by atoms with Crippen molar-refractivity contribution < 1.29 is 9.47 Å². The fraction of sp³-hybridized carbons (Fsp3) is 0.467. The van der Waals surface area contributed by atoms with Crippen LogP contribution < -0.4 is 5.32 Å². The van der Waals surface area contributed by atoms with Crippen LogP contribution in [0.25, 0.3) is 0 Å². The van der Waals surface area contributed by atoms with Crippen LogP contribution in [0, 0.1) is 0 Å². The van der Waals surface area contributed by atoms with Gasteiger partial charge in [-0.2, -0.15) is 0 Å². The average Bonchev–Trinajstić information content (AvgIpc) is 2.45. The zero-order chi connectivity index (χ0) is 12.6. The predicted octanol–water partition coefficient (Wildman–Crippen LogP) is 3.33. The molecule has 0 saturated heterocycles. The molecule has 0 aliphatic carbocycles. The fourth-order valence-electron chi connectivity index (χ4n) is 1.91. The Morgan fingerprint density at radius 2 is 2.17 bits per heavy atom. The summed E-state index contributed by atoms with van der Waals surface area (Å²) in [5, 5.41) is 3.40. The van der Waals surface area contributed by atoms with Crippen LogP contribution in [0.15, 0.2) is 36.6 Å². The Kier molecular flexibility index (Phi) is 5.09. The summed E-state index contributed by atoms with van der Waals surface area (Å²) in [6.45, 7) is 4.31. The molecular weight excluding hydrogens is 226 g/mol. The van der Waals surface area contributed by atoms with Crippen LogP contribution in [0.1, 0.15) is 25.3 Å². The summed E-state index contributed by atoms with van der Waals surface area (Å²) in [5.41, 5.74) is 2.34. The van der Waals surface area contributed by atoms with Crippen molar-refractivity contribution in [1.29, 1.82) is 0 Å². The molecule has 3 heteroatoms. The predicted molar refractivity (Wildman–Crippen MR) is 73.5 cm³/mol. The van der Waals surface area contributed by atoms with Crippen molar-refractivity contribution in [1.82, 2.24) is 0 Å². The first-order chi connectivity index (χ1) is 8.88. The second-order valence-corrected chi connectivity index (χ2v) is 4.42. The van der Waals surface area contributed by atoms with Gasteiger partial charge >= 0.3 is 0 Å². The van der Waals surface area contributed by atoms with Crippen molar-refractivity contribution in [2.45, 2.75) is 32.5 Å². The molecule has 0 aromatic heterocycles. The van der Waals surface area contributed by atoms with Gasteiger partial charge in [0.05, 0.1) is 19.4 Å². The standard InChI is InChI=1S/C15H21NO2/c1-2-17-12-13-6-8-14(9-7-13)16-11-15-5-3-4-10-18-15/h4,6-10,15-16H,2-3,5,11-12H2,1H3/t15-/m0/s1. The first-order valence-electron chi connectivity index (χ1n) is 6.59. The summed E-state index contributed by atoms with van der Waals surface area (Å²) in [6.07, 6.45) is 6.36. The molecule has 0 unspecified atom stereocenters. The third kappa shape index (κ3) is 4.08. The SMILES string of the molecule is CCOCc1ccc(NC[C@@H]2CCC=CO2)cc1. The Morgan fingerprint density at radius 1 is 1.33 bits per heavy atom. The fourth-order valence-corrected chi connectivity index (χ4v) is 1.91. The highest BCUT2D eigenvalue weighted by Gasteiger charge is 2.09. The smallest absolute Gasteiger partial charge is 0.115 e. The Morgan fingerprint density at radius 3 is 2.83 bits per heavy atom. The summed E-state index contributed by atoms with van der Waals surface area (Å²) >= 11 is 0. The van der Waals surface area contributed by atoms with E-state index in [9.17, 15) is 0 Å². The van der Waals surface area contributed by atoms with E-state index in [1.807, 2.05) is 6.92 Å². The van der Waals surface area contributed by atoms with Crippen molar-refractivity contribution in [3.05, 3.63) is 42.2 Å². The van der Waals surface area contributed by atoms with E-state index in [4.69, 9.17) is 9.47 Å². The molecule has 0 radical (unpaired) electrons. The van der Waals surface area contributed by atoms with Crippen LogP contribution in [0.4, 0.5) is 5.69 Å². The first kappa shape index (κ1) is 13.0. The lowest BCUT2D eigenvalue weighted by atomic mass is 10.1. The lowest BCUT2D eigenvalue weighted by Gasteiger charge is -2.20. The summed E-state index contributed by atoms with van der Waals surface area (Å²) in [5.74, 6) is 0. The normalized spacial score (nSPS) is 18.4. The van der Waals surface area contributed by atoms with Gasteiger partial charge in [-0.1, -0.05) is 12.1 Å². The molecule has 98 valence electrons. The average molecular weight is 247 g/mol. The topological polar surface area (TPSA) is 30.5 Å². The van der Waals surface area contributed by atoms with Gasteiger partial charge in [0.2, 0.25) is 0 Å². The molecule has 1 heterocycles. The molecule has 2 rings (SSSR count). The van der Waals surface area contributed by atoms with Gasteiger partial charge < -0.3 is 14.8 Å². The van der Waals surface area contributed by atoms with Crippen LogP contribution in [0.5, 0.6) is 0 Å². The third-order valence-corrected chi connectivity index (χ3v) is 2.98. The van der Waals surface area contributed by atoms with Crippen molar-refractivity contribution in [3.8, 4) is 0 Å². The lowest BCUT2D eigenvalue weighted by molar-refractivity contribution is 0.134. The molecule has 0 fully saturated rings. The highest BCUT2D eigenvalue weighted by molar-refractivity contribution is 5.44. The zero-order valence-electron chi connectivity index (χ0n) is 10.9. The molecule has 0 saturated carbocycles. The molecule has 3 nitrogen and oxygen atoms in total. The Bertz CT molecular complexity index is 373. The maximum Gasteiger partial charge on any atom is 0.115 e. The molecule has 1 N–H and O–H groups in total. The summed E-state index contributed by atoms with van der Waals surface area (Å²) in [7, 11) is 0. The third-order valence-electron chi connectivity index (χ3n) is 2.98. The molecule has 1 aliphatic rings. The van der Waals surface area contributed by atoms with Crippen molar-refractivity contribution in [3.63, 3.8) is 0 Å². The molecule has 1 aromatic rings. The maximum atomic E-state index is 5.51. The number of rotatable bonds is 6. The van der Waals surface area contributed by atoms with Crippen LogP contribution in [0.3, 0.4) is 0 Å². The molecule has 1 atom stereocenters. The van der Waals surface area contributed by atoms with E-state index in [1.165, 1.54) is 5.56 Å². The van der Waals surface area contributed by atoms with Crippen LogP contribution in [-0.4, -0.2) is 19.3 Å². The minimum absolute atomic E-state index is 0.290. The monoisotopic (exact) mass is 247 g/mol. The zero-order valence-corrected chi connectivity index (χ0v) is 10.9. The van der Waals surface area contributed by atoms with E-state index in [-0.39, 0.29) is 6.10 Å². The van der Waals surface area contributed by atoms with Crippen molar-refractivity contribution in [2.24, 2.45) is 0 Å². The van der Waals surface area contributed by atoms with Gasteiger partial charge in [0.25, 0.3) is 0 Å². The molecule has 0 spiro atoms. The van der Waals surface area contributed by atoms with Gasteiger partial charge in [-0.15, -0.1) is 0 Å². The van der Waals surface area contributed by atoms with Crippen molar-refractivity contribution in [2.75, 3.05) is 18.5 Å². The van der Waals surface area contributed by atoms with E-state index in [0.29, 0.717) is 6.61 Å². The number of allylic oxidation sites excluding steroid dienone is 1. The Balaban J connectivity index is 1.77. The molecule has 0 bridgehead atoms. The summed E-state index contributed by atoms with van der Waals surface area (Å²) in [6, 6.07) is 8.37. The van der Waals surface area contributed by atoms with Gasteiger partial charge in [0.15, 0.2) is 0 Å². The van der Waals surface area contributed by atoms with Gasteiger partial charge in [0.1, 0.15) is 6.10 Å². The van der Waals surface area contributed by atoms with Gasteiger partial charge in [-0.25, -0.2) is 0 Å². The number of hydrogen-bond acceptors (Lipinski definition) is 3. The molecule has 18 heavy (non-hydrogen) atoms. The number of benzene rings is 1. The number of ether oxygens (including phenoxy) is 2. The Hall–Kier alpha value is -1.48. The van der Waals surface area contributed by atoms with Gasteiger partial charge in [-0.05, 0) is 43.5 Å². The van der Waals surface area contributed by atoms with Crippen LogP contribution >= 0.6 is 0 Å². The first-order valence-corrected chi connectivity index (χ1v) is 6.59. The number of hydrogen-bond donors (Lipinski definition) is 1. The van der Waals surface area contributed by atoms with Crippen molar-refractivity contribution >= 4 is 5.69 Å². The molecule has 1 aliphatic heterocycles. The molecule has 1 aromatic carbocycles. The van der Waals surface area contributed by atoms with Crippen LogP contribution in [-0.2, 0) is 16.1 Å². The highest BCUT2D eigenvalue weighted by atomic mass is 16.5. The van der Waals surface area contributed by atoms with E-state index in [1.54, 1.807) is 6.26 Å². The Labute approximate surface area is 109 Å². The number of anilines is 1. The molecule has 0 amide bonds. The van der Waals surface area contributed by atoms with Crippen LogP contribution in [0.2, 0.25) is 0 Å². The van der Waals surface area contributed by atoms with E-state index in [2.05, 4.69) is 35.7 Å². The largest absolute Gasteiger partial charge is 0.497 e. The highest BCUT2D eigenvalue weighted by Crippen LogP contribution is 2.14. The lowest BCUT2D eigenvalue weighted by Crippen LogP contribution is -2.22. The quantitative estimate of drug-likeness (QED) is 0.836. The van der Waals surface area contributed by atoms with E-state index < -0.39 is 0 Å². The maximum absolute atomic E-state index is 5.51. The summed E-state index contributed by atoms with van der Waals surface area (Å²) in [4.78, 5) is 0. The summed E-state index contributed by atoms with van der Waals surface area (Å²) < 4.78 is 10.9.